The molecule has 0 aliphatic carbocycles. The number of nitrogens with zero attached hydrogens (tertiary/aromatic N) is 3. The van der Waals surface area contributed by atoms with E-state index in [9.17, 15) is 10.1 Å². The number of rotatable bonds is 2. The molecule has 3 aromatic rings. The maximum Gasteiger partial charge on any atom is 0.295 e. The molecule has 20 heavy (non-hydrogen) atoms. The summed E-state index contributed by atoms with van der Waals surface area (Å²) in [5, 5.41) is 13.1. The number of halogens is 1. The molecule has 0 atom stereocenters. The molecule has 2 aromatic heterocycles. The highest BCUT2D eigenvalue weighted by Crippen LogP contribution is 2.33. The zero-order chi connectivity index (χ0) is 14.1. The number of hydrogen-bond acceptors (Lipinski definition) is 4. The molecule has 0 amide bonds. The monoisotopic (exact) mass is 285 g/mol. The van der Waals surface area contributed by atoms with Crippen molar-refractivity contribution in [3.63, 3.8) is 0 Å². The molecule has 0 aliphatic heterocycles. The van der Waals surface area contributed by atoms with E-state index in [1.54, 1.807) is 24.5 Å². The molecule has 0 aliphatic rings. The van der Waals surface area contributed by atoms with Crippen LogP contribution in [0.25, 0.3) is 22.0 Å². The lowest BCUT2D eigenvalue weighted by Gasteiger charge is -2.06. The summed E-state index contributed by atoms with van der Waals surface area (Å²) in [5.74, 6) is 0. The molecule has 3 rings (SSSR count). The lowest BCUT2D eigenvalue weighted by molar-refractivity contribution is -0.384. The van der Waals surface area contributed by atoms with E-state index in [1.165, 1.54) is 12.1 Å². The van der Waals surface area contributed by atoms with E-state index in [0.29, 0.717) is 5.56 Å². The molecular weight excluding hydrogens is 278 g/mol. The van der Waals surface area contributed by atoms with E-state index >= 15 is 0 Å². The van der Waals surface area contributed by atoms with Crippen LogP contribution in [0.3, 0.4) is 0 Å². The van der Waals surface area contributed by atoms with E-state index in [2.05, 4.69) is 9.97 Å². The van der Waals surface area contributed by atoms with Gasteiger partial charge >= 0.3 is 0 Å². The average Bonchev–Trinajstić information content (AvgIpc) is 2.46. The molecule has 98 valence electrons. The third-order valence-electron chi connectivity index (χ3n) is 2.97. The zero-order valence-electron chi connectivity index (χ0n) is 10.2. The molecule has 1 aromatic carbocycles. The van der Waals surface area contributed by atoms with Crippen LogP contribution in [0.5, 0.6) is 0 Å². The van der Waals surface area contributed by atoms with Crippen LogP contribution >= 0.6 is 11.6 Å². The van der Waals surface area contributed by atoms with E-state index in [0.717, 1.165) is 10.8 Å². The Kier molecular flexibility index (Phi) is 3.04. The van der Waals surface area contributed by atoms with Gasteiger partial charge in [-0.15, -0.1) is 0 Å². The number of fused-ring (bicyclic) bond motifs is 1. The summed E-state index contributed by atoms with van der Waals surface area (Å²) in [7, 11) is 0. The van der Waals surface area contributed by atoms with Crippen molar-refractivity contribution in [1.82, 2.24) is 9.97 Å². The molecule has 0 saturated carbocycles. The second-order valence-corrected chi connectivity index (χ2v) is 4.55. The average molecular weight is 286 g/mol. The van der Waals surface area contributed by atoms with Crippen molar-refractivity contribution < 1.29 is 4.92 Å². The number of aromatic nitrogens is 2. The van der Waals surface area contributed by atoms with Crippen LogP contribution in [0.1, 0.15) is 0 Å². The van der Waals surface area contributed by atoms with E-state index in [1.807, 2.05) is 12.1 Å². The van der Waals surface area contributed by atoms with Gasteiger partial charge in [0.05, 0.1) is 4.92 Å². The number of hydrogen-bond donors (Lipinski definition) is 0. The smallest absolute Gasteiger partial charge is 0.264 e. The Morgan fingerprint density at radius 2 is 2.00 bits per heavy atom. The molecule has 0 radical (unpaired) electrons. The van der Waals surface area contributed by atoms with Gasteiger partial charge in [0.25, 0.3) is 5.69 Å². The van der Waals surface area contributed by atoms with Crippen LogP contribution in [0.4, 0.5) is 5.69 Å². The third-order valence-corrected chi connectivity index (χ3v) is 3.18. The first kappa shape index (κ1) is 12.5. The fraction of sp³-hybridized carbons (Fsp3) is 0. The van der Waals surface area contributed by atoms with Crippen molar-refractivity contribution in [2.24, 2.45) is 0 Å². The maximum atomic E-state index is 11.2. The van der Waals surface area contributed by atoms with E-state index in [-0.39, 0.29) is 16.5 Å². The Hall–Kier alpha value is -2.53. The highest BCUT2D eigenvalue weighted by Gasteiger charge is 2.19. The van der Waals surface area contributed by atoms with Crippen molar-refractivity contribution in [3.05, 3.63) is 64.1 Å². The van der Waals surface area contributed by atoms with Gasteiger partial charge in [0.1, 0.15) is 5.15 Å². The van der Waals surface area contributed by atoms with Crippen LogP contribution in [-0.2, 0) is 0 Å². The largest absolute Gasteiger partial charge is 0.295 e. The Bertz CT molecular complexity index is 815. The van der Waals surface area contributed by atoms with Gasteiger partial charge in [-0.25, -0.2) is 4.98 Å². The van der Waals surface area contributed by atoms with Gasteiger partial charge in [-0.2, -0.15) is 0 Å². The van der Waals surface area contributed by atoms with Gasteiger partial charge in [-0.05, 0) is 17.5 Å². The summed E-state index contributed by atoms with van der Waals surface area (Å²) in [4.78, 5) is 18.9. The first-order valence-electron chi connectivity index (χ1n) is 5.81. The van der Waals surface area contributed by atoms with Gasteiger partial charge < -0.3 is 0 Å². The minimum Gasteiger partial charge on any atom is -0.264 e. The lowest BCUT2D eigenvalue weighted by atomic mass is 10.0. The van der Waals surface area contributed by atoms with Crippen LogP contribution in [0, 0.1) is 10.1 Å². The van der Waals surface area contributed by atoms with E-state index < -0.39 is 4.92 Å². The number of nitro groups is 1. The second-order valence-electron chi connectivity index (χ2n) is 4.16. The molecule has 0 unspecified atom stereocenters. The van der Waals surface area contributed by atoms with Crippen molar-refractivity contribution in [3.8, 4) is 11.3 Å². The molecule has 0 saturated heterocycles. The normalized spacial score (nSPS) is 10.7. The van der Waals surface area contributed by atoms with E-state index in [4.69, 9.17) is 11.6 Å². The van der Waals surface area contributed by atoms with Crippen LogP contribution < -0.4 is 0 Å². The van der Waals surface area contributed by atoms with Gasteiger partial charge in [0.2, 0.25) is 0 Å². The molecule has 2 heterocycles. The van der Waals surface area contributed by atoms with Crippen molar-refractivity contribution in [2.75, 3.05) is 0 Å². The highest BCUT2D eigenvalue weighted by molar-refractivity contribution is 6.29. The van der Waals surface area contributed by atoms with Gasteiger partial charge in [0, 0.05) is 29.4 Å². The minimum absolute atomic E-state index is 0.0706. The summed E-state index contributed by atoms with van der Waals surface area (Å²) < 4.78 is 0. The fourth-order valence-corrected chi connectivity index (χ4v) is 2.25. The summed E-state index contributed by atoms with van der Waals surface area (Å²) in [5.41, 5.74) is 0.858. The topological polar surface area (TPSA) is 68.9 Å². The first-order chi connectivity index (χ1) is 9.66. The number of benzene rings is 1. The molecule has 5 nitrogen and oxygen atoms in total. The molecule has 0 bridgehead atoms. The highest BCUT2D eigenvalue weighted by atomic mass is 35.5. The Morgan fingerprint density at radius 3 is 2.80 bits per heavy atom. The summed E-state index contributed by atoms with van der Waals surface area (Å²) in [6.45, 7) is 0. The standard InChI is InChI=1S/C14H8ClN3O2/c15-13-5-4-12(18(19)20)14(17-13)11-3-1-2-9-8-16-7-6-10(9)11/h1-8H. The lowest BCUT2D eigenvalue weighted by Crippen LogP contribution is -1.95. The predicted octanol–water partition coefficient (Wildman–Crippen LogP) is 3.86. The summed E-state index contributed by atoms with van der Waals surface area (Å²) >= 11 is 5.88. The van der Waals surface area contributed by atoms with Crippen LogP contribution in [0.2, 0.25) is 5.15 Å². The SMILES string of the molecule is O=[N+]([O-])c1ccc(Cl)nc1-c1cccc2cnccc12. The summed E-state index contributed by atoms with van der Waals surface area (Å²) in [6, 6.07) is 10.1. The zero-order valence-corrected chi connectivity index (χ0v) is 10.9. The fourth-order valence-electron chi connectivity index (χ4n) is 2.10. The van der Waals surface area contributed by atoms with Crippen molar-refractivity contribution in [1.29, 1.82) is 0 Å². The van der Waals surface area contributed by atoms with Gasteiger partial charge in [0.15, 0.2) is 5.69 Å². The Labute approximate surface area is 119 Å². The van der Waals surface area contributed by atoms with Gasteiger partial charge in [-0.3, -0.25) is 15.1 Å². The van der Waals surface area contributed by atoms with Crippen molar-refractivity contribution in [2.45, 2.75) is 0 Å². The molecule has 6 heteroatoms. The Balaban J connectivity index is 2.36. The second kappa shape index (κ2) is 4.86. The minimum atomic E-state index is -0.460. The molecular formula is C14H8ClN3O2. The molecule has 0 spiro atoms. The van der Waals surface area contributed by atoms with Gasteiger partial charge in [-0.1, -0.05) is 29.8 Å². The molecule has 0 fully saturated rings. The third kappa shape index (κ3) is 2.08. The Morgan fingerprint density at radius 1 is 1.15 bits per heavy atom. The predicted molar refractivity (Wildman–Crippen MR) is 76.6 cm³/mol. The van der Waals surface area contributed by atoms with Crippen molar-refractivity contribution >= 4 is 28.1 Å². The number of pyridine rings is 2. The first-order valence-corrected chi connectivity index (χ1v) is 6.18. The van der Waals surface area contributed by atoms with Crippen LogP contribution in [-0.4, -0.2) is 14.9 Å². The quantitative estimate of drug-likeness (QED) is 0.407. The summed E-state index contributed by atoms with van der Waals surface area (Å²) in [6.07, 6.45) is 3.34. The molecule has 0 N–H and O–H groups in total. The van der Waals surface area contributed by atoms with Crippen LogP contribution in [0.15, 0.2) is 48.8 Å². The maximum absolute atomic E-state index is 11.2.